The van der Waals surface area contributed by atoms with Gasteiger partial charge in [-0.25, -0.2) is 13.1 Å². The Hall–Kier alpha value is -1.35. The number of aliphatic hydroxyl groups excluding tert-OH is 2. The number of nitrogen functional groups attached to an aromatic ring is 1. The van der Waals surface area contributed by atoms with E-state index in [0.29, 0.717) is 12.1 Å². The van der Waals surface area contributed by atoms with E-state index in [9.17, 15) is 18.6 Å². The third-order valence-corrected chi connectivity index (χ3v) is 4.70. The van der Waals surface area contributed by atoms with E-state index in [0.717, 1.165) is 0 Å². The Bertz CT molecular complexity index is 548. The molecule has 0 atom stereocenters. The highest BCUT2D eigenvalue weighted by atomic mass is 32.2. The molecule has 20 heavy (non-hydrogen) atoms. The lowest BCUT2D eigenvalue weighted by Gasteiger charge is -2.31. The monoisotopic (exact) mass is 303 g/mol. The van der Waals surface area contributed by atoms with Crippen LogP contribution in [0, 0.1) is 0 Å². The first-order valence-electron chi connectivity index (χ1n) is 6.17. The molecule has 0 aliphatic heterocycles. The quantitative estimate of drug-likeness (QED) is 0.441. The molecule has 0 fully saturated rings. The Kier molecular flexibility index (Phi) is 5.35. The van der Waals surface area contributed by atoms with Crippen LogP contribution in [0.1, 0.15) is 13.3 Å². The molecule has 0 amide bonds. The number of hydrogen-bond donors (Lipinski definition) is 5. The minimum atomic E-state index is -3.55. The number of rotatable bonds is 7. The highest BCUT2D eigenvalue weighted by molar-refractivity contribution is 7.89. The fourth-order valence-electron chi connectivity index (χ4n) is 1.67. The average molecular weight is 303 g/mol. The van der Waals surface area contributed by atoms with E-state index < -0.39 is 15.6 Å². The zero-order chi connectivity index (χ0) is 15.4. The summed E-state index contributed by atoms with van der Waals surface area (Å²) in [4.78, 5) is 0.0538. The minimum Gasteiger partial charge on any atom is -0.397 e. The van der Waals surface area contributed by atoms with Gasteiger partial charge in [-0.2, -0.15) is 0 Å². The van der Waals surface area contributed by atoms with Crippen LogP contribution in [-0.4, -0.2) is 44.4 Å². The second-order valence-electron chi connectivity index (χ2n) is 4.53. The van der Waals surface area contributed by atoms with Crippen LogP contribution in [0.5, 0.6) is 0 Å². The fourth-order valence-corrected chi connectivity index (χ4v) is 2.43. The normalized spacial score (nSPS) is 12.4. The number of benzene rings is 1. The molecule has 8 heteroatoms. The van der Waals surface area contributed by atoms with Gasteiger partial charge in [-0.1, -0.05) is 6.92 Å². The molecule has 1 aromatic rings. The van der Waals surface area contributed by atoms with Gasteiger partial charge in [-0.3, -0.25) is 0 Å². The predicted octanol–water partition coefficient (Wildman–Crippen LogP) is -0.278. The van der Waals surface area contributed by atoms with Gasteiger partial charge in [0.1, 0.15) is 0 Å². The van der Waals surface area contributed by atoms with Gasteiger partial charge in [0, 0.05) is 0 Å². The summed E-state index contributed by atoms with van der Waals surface area (Å²) in [6, 6.07) is 4.23. The molecule has 0 saturated carbocycles. The van der Waals surface area contributed by atoms with Crippen LogP contribution in [0.15, 0.2) is 23.1 Å². The third kappa shape index (κ3) is 3.40. The van der Waals surface area contributed by atoms with Crippen molar-refractivity contribution in [3.63, 3.8) is 0 Å². The number of anilines is 2. The second-order valence-corrected chi connectivity index (χ2v) is 6.42. The van der Waals surface area contributed by atoms with E-state index in [1.807, 2.05) is 6.92 Å². The van der Waals surface area contributed by atoms with Crippen molar-refractivity contribution in [3.8, 4) is 0 Å². The number of aliphatic hydroxyl groups is 2. The van der Waals surface area contributed by atoms with Crippen LogP contribution >= 0.6 is 0 Å². The molecule has 0 heterocycles. The maximum absolute atomic E-state index is 11.7. The molecule has 0 radical (unpaired) electrons. The molecule has 0 unspecified atom stereocenters. The topological polar surface area (TPSA) is 125 Å². The maximum Gasteiger partial charge on any atom is 0.240 e. The van der Waals surface area contributed by atoms with Crippen LogP contribution in [0.3, 0.4) is 0 Å². The molecule has 0 bridgehead atoms. The zero-order valence-electron chi connectivity index (χ0n) is 11.5. The lowest BCUT2D eigenvalue weighted by molar-refractivity contribution is 0.132. The summed E-state index contributed by atoms with van der Waals surface area (Å²) in [5.74, 6) is 0. The van der Waals surface area contributed by atoms with Crippen molar-refractivity contribution in [2.45, 2.75) is 23.8 Å². The lowest BCUT2D eigenvalue weighted by Crippen LogP contribution is -2.45. The third-order valence-electron chi connectivity index (χ3n) is 3.28. The first-order chi connectivity index (χ1) is 9.34. The van der Waals surface area contributed by atoms with Crippen molar-refractivity contribution in [1.29, 1.82) is 0 Å². The molecule has 0 aliphatic rings. The summed E-state index contributed by atoms with van der Waals surface area (Å²) in [6.45, 7) is 1.28. The van der Waals surface area contributed by atoms with Crippen LogP contribution in [-0.2, 0) is 10.0 Å². The number of sulfonamides is 1. The van der Waals surface area contributed by atoms with Gasteiger partial charge in [0.15, 0.2) is 0 Å². The zero-order valence-corrected chi connectivity index (χ0v) is 12.4. The lowest BCUT2D eigenvalue weighted by atomic mass is 9.98. The summed E-state index contributed by atoms with van der Waals surface area (Å²) in [5, 5.41) is 21.7. The van der Waals surface area contributed by atoms with Crippen molar-refractivity contribution >= 4 is 21.4 Å². The SMILES string of the molecule is CCC(CO)(CO)Nc1ccc(S(=O)(=O)NC)cc1N. The van der Waals surface area contributed by atoms with E-state index in [-0.39, 0.29) is 23.8 Å². The van der Waals surface area contributed by atoms with Crippen LogP contribution in [0.2, 0.25) is 0 Å². The van der Waals surface area contributed by atoms with Gasteiger partial charge in [0.25, 0.3) is 0 Å². The van der Waals surface area contributed by atoms with E-state index >= 15 is 0 Å². The molecule has 0 spiro atoms. The van der Waals surface area contributed by atoms with Crippen LogP contribution in [0.25, 0.3) is 0 Å². The first-order valence-corrected chi connectivity index (χ1v) is 7.65. The Labute approximate surface area is 118 Å². The smallest absolute Gasteiger partial charge is 0.240 e. The Morgan fingerprint density at radius 3 is 2.30 bits per heavy atom. The summed E-state index contributed by atoms with van der Waals surface area (Å²) >= 11 is 0. The van der Waals surface area contributed by atoms with Crippen LogP contribution in [0.4, 0.5) is 11.4 Å². The molecule has 1 aromatic carbocycles. The predicted molar refractivity (Wildman–Crippen MR) is 77.9 cm³/mol. The van der Waals surface area contributed by atoms with E-state index in [1.165, 1.54) is 25.2 Å². The first kappa shape index (κ1) is 16.7. The minimum absolute atomic E-state index is 0.0538. The van der Waals surface area contributed by atoms with E-state index in [4.69, 9.17) is 5.73 Å². The molecule has 1 rings (SSSR count). The van der Waals surface area contributed by atoms with Gasteiger partial charge < -0.3 is 21.3 Å². The number of nitrogens with one attached hydrogen (secondary N) is 2. The summed E-state index contributed by atoms with van der Waals surface area (Å²) in [5.41, 5.74) is 5.62. The summed E-state index contributed by atoms with van der Waals surface area (Å²) < 4.78 is 25.5. The second kappa shape index (κ2) is 6.40. The van der Waals surface area contributed by atoms with Crippen molar-refractivity contribution in [2.24, 2.45) is 0 Å². The molecular formula is C12H21N3O4S. The van der Waals surface area contributed by atoms with Crippen LogP contribution < -0.4 is 15.8 Å². The highest BCUT2D eigenvalue weighted by Crippen LogP contribution is 2.26. The number of nitrogens with two attached hydrogens (primary N) is 1. The van der Waals surface area contributed by atoms with Crippen molar-refractivity contribution in [3.05, 3.63) is 18.2 Å². The van der Waals surface area contributed by atoms with Gasteiger partial charge in [-0.05, 0) is 31.7 Å². The fraction of sp³-hybridized carbons (Fsp3) is 0.500. The van der Waals surface area contributed by atoms with Crippen molar-refractivity contribution in [1.82, 2.24) is 4.72 Å². The van der Waals surface area contributed by atoms with Crippen molar-refractivity contribution in [2.75, 3.05) is 31.3 Å². The van der Waals surface area contributed by atoms with E-state index in [1.54, 1.807) is 0 Å². The molecule has 6 N–H and O–H groups in total. The Morgan fingerprint density at radius 2 is 1.90 bits per heavy atom. The summed E-state index contributed by atoms with van der Waals surface area (Å²) in [7, 11) is -2.24. The highest BCUT2D eigenvalue weighted by Gasteiger charge is 2.27. The Morgan fingerprint density at radius 1 is 1.30 bits per heavy atom. The average Bonchev–Trinajstić information content (AvgIpc) is 2.46. The van der Waals surface area contributed by atoms with Gasteiger partial charge in [0.05, 0.1) is 35.0 Å². The van der Waals surface area contributed by atoms with Gasteiger partial charge in [-0.15, -0.1) is 0 Å². The largest absolute Gasteiger partial charge is 0.397 e. The van der Waals surface area contributed by atoms with E-state index in [2.05, 4.69) is 10.0 Å². The van der Waals surface area contributed by atoms with Gasteiger partial charge in [0.2, 0.25) is 10.0 Å². The Balaban J connectivity index is 3.12. The molecule has 0 saturated heterocycles. The standard InChI is InChI=1S/C12H21N3O4S/c1-3-12(7-16,8-17)15-11-5-4-9(6-10(11)13)20(18,19)14-2/h4-6,14-17H,3,7-8,13H2,1-2H3. The molecule has 0 aliphatic carbocycles. The number of hydrogen-bond acceptors (Lipinski definition) is 6. The molecule has 0 aromatic heterocycles. The molecule has 114 valence electrons. The molecule has 7 nitrogen and oxygen atoms in total. The summed E-state index contributed by atoms with van der Waals surface area (Å²) in [6.07, 6.45) is 0.482. The molecular weight excluding hydrogens is 282 g/mol. The van der Waals surface area contributed by atoms with Crippen molar-refractivity contribution < 1.29 is 18.6 Å². The van der Waals surface area contributed by atoms with Gasteiger partial charge >= 0.3 is 0 Å². The maximum atomic E-state index is 11.7.